The predicted octanol–water partition coefficient (Wildman–Crippen LogP) is 0.706. The lowest BCUT2D eigenvalue weighted by Gasteiger charge is -2.21. The third kappa shape index (κ3) is 2.16. The van der Waals surface area contributed by atoms with Crippen LogP contribution in [0.25, 0.3) is 0 Å². The van der Waals surface area contributed by atoms with Gasteiger partial charge in [0.05, 0.1) is 12.2 Å². The Hall–Kier alpha value is -1.45. The molecule has 0 saturated heterocycles. The number of ether oxygens (including phenoxy) is 1. The summed E-state index contributed by atoms with van der Waals surface area (Å²) in [6, 6.07) is 1.55. The van der Waals surface area contributed by atoms with Crippen molar-refractivity contribution < 1.29 is 14.6 Å². The molecule has 0 atom stereocenters. The number of benzene rings is 1. The molecule has 1 aliphatic rings. The minimum Gasteiger partial charge on any atom is -0.508 e. The van der Waals surface area contributed by atoms with Crippen LogP contribution in [-0.4, -0.2) is 25.5 Å². The van der Waals surface area contributed by atoms with Crippen molar-refractivity contribution in [2.75, 3.05) is 6.61 Å². The average molecular weight is 232 g/mol. The minimum absolute atomic E-state index is 0.244. The van der Waals surface area contributed by atoms with Crippen molar-refractivity contribution in [1.29, 1.82) is 0 Å². The molecule has 1 aromatic carbocycles. The predicted molar refractivity (Wildman–Crippen MR) is 68.9 cm³/mol. The fourth-order valence-corrected chi connectivity index (χ4v) is 2.52. The molecule has 0 saturated carbocycles. The quantitative estimate of drug-likeness (QED) is 0.603. The molecule has 0 fully saturated rings. The molecule has 4 heteroatoms. The Morgan fingerprint density at radius 3 is 2.71 bits per heavy atom. The lowest BCUT2D eigenvalue weighted by atomic mass is 9.77. The van der Waals surface area contributed by atoms with Gasteiger partial charge in [-0.15, -0.1) is 0 Å². The maximum Gasteiger partial charge on any atom is 0.337 e. The lowest BCUT2D eigenvalue weighted by Crippen LogP contribution is -2.25. The number of phenolic OH excluding ortho intramolecular Hbond substituents is 1. The second-order valence-corrected chi connectivity index (χ2v) is 4.45. The van der Waals surface area contributed by atoms with Gasteiger partial charge in [-0.05, 0) is 49.8 Å². The number of hydrogen-bond donors (Lipinski definition) is 1. The highest BCUT2D eigenvalue weighted by Gasteiger charge is 2.21. The molecule has 0 unspecified atom stereocenters. The number of carbonyl (C=O) groups excluding carboxylic acids is 1. The number of rotatable bonds is 2. The van der Waals surface area contributed by atoms with Gasteiger partial charge in [-0.2, -0.15) is 0 Å². The molecule has 0 spiro atoms. The largest absolute Gasteiger partial charge is 0.508 e. The first-order valence-electron chi connectivity index (χ1n) is 6.16. The SMILES string of the molecule is Bc1c(C(=O)OCC)cc(O)c2c1CCCC2. The van der Waals surface area contributed by atoms with Crippen LogP contribution in [0.2, 0.25) is 0 Å². The first-order valence-corrected chi connectivity index (χ1v) is 6.16. The molecule has 0 radical (unpaired) electrons. The van der Waals surface area contributed by atoms with Crippen LogP contribution in [0.3, 0.4) is 0 Å². The summed E-state index contributed by atoms with van der Waals surface area (Å²) < 4.78 is 5.00. The van der Waals surface area contributed by atoms with Gasteiger partial charge in [0, 0.05) is 0 Å². The van der Waals surface area contributed by atoms with E-state index in [0.29, 0.717) is 12.2 Å². The van der Waals surface area contributed by atoms with Crippen LogP contribution in [0, 0.1) is 0 Å². The Kier molecular flexibility index (Phi) is 3.41. The standard InChI is InChI=1S/C13H17BO3/c1-2-17-13(16)10-7-11(15)8-5-3-4-6-9(8)12(10)14/h7,15H,2-6,14H2,1H3. The van der Waals surface area contributed by atoms with E-state index in [-0.39, 0.29) is 11.7 Å². The summed E-state index contributed by atoms with van der Waals surface area (Å²) in [5.41, 5.74) is 3.63. The van der Waals surface area contributed by atoms with Crippen LogP contribution in [0.5, 0.6) is 5.75 Å². The molecule has 17 heavy (non-hydrogen) atoms. The van der Waals surface area contributed by atoms with Gasteiger partial charge in [-0.3, -0.25) is 0 Å². The lowest BCUT2D eigenvalue weighted by molar-refractivity contribution is 0.0527. The van der Waals surface area contributed by atoms with Crippen LogP contribution in [0.15, 0.2) is 6.07 Å². The average Bonchev–Trinajstić information content (AvgIpc) is 2.34. The molecule has 0 bridgehead atoms. The van der Waals surface area contributed by atoms with E-state index in [0.717, 1.165) is 42.3 Å². The zero-order valence-corrected chi connectivity index (χ0v) is 10.4. The third-order valence-electron chi connectivity index (χ3n) is 3.41. The highest BCUT2D eigenvalue weighted by molar-refractivity contribution is 6.37. The first kappa shape index (κ1) is 12.0. The number of esters is 1. The van der Waals surface area contributed by atoms with Gasteiger partial charge in [0.1, 0.15) is 13.6 Å². The Labute approximate surface area is 102 Å². The Bertz CT molecular complexity index is 454. The monoisotopic (exact) mass is 232 g/mol. The zero-order chi connectivity index (χ0) is 12.4. The van der Waals surface area contributed by atoms with E-state index < -0.39 is 0 Å². The van der Waals surface area contributed by atoms with Crippen molar-refractivity contribution in [3.63, 3.8) is 0 Å². The summed E-state index contributed by atoms with van der Waals surface area (Å²) >= 11 is 0. The van der Waals surface area contributed by atoms with E-state index in [9.17, 15) is 9.90 Å². The molecule has 1 N–H and O–H groups in total. The number of hydrogen-bond acceptors (Lipinski definition) is 3. The van der Waals surface area contributed by atoms with Crippen molar-refractivity contribution in [3.8, 4) is 5.75 Å². The summed E-state index contributed by atoms with van der Waals surface area (Å²) in [7, 11) is 1.94. The summed E-state index contributed by atoms with van der Waals surface area (Å²) in [6.45, 7) is 2.14. The van der Waals surface area contributed by atoms with E-state index in [2.05, 4.69) is 0 Å². The van der Waals surface area contributed by atoms with Crippen molar-refractivity contribution in [3.05, 3.63) is 22.8 Å². The summed E-state index contributed by atoms with van der Waals surface area (Å²) in [4.78, 5) is 11.8. The topological polar surface area (TPSA) is 46.5 Å². The van der Waals surface area contributed by atoms with Gasteiger partial charge in [-0.1, -0.05) is 5.46 Å². The molecule has 0 aromatic heterocycles. The molecular weight excluding hydrogens is 215 g/mol. The van der Waals surface area contributed by atoms with Crippen molar-refractivity contribution in [2.45, 2.75) is 32.6 Å². The number of phenols is 1. The second kappa shape index (κ2) is 4.82. The fourth-order valence-electron chi connectivity index (χ4n) is 2.52. The smallest absolute Gasteiger partial charge is 0.337 e. The normalized spacial score (nSPS) is 14.2. The highest BCUT2D eigenvalue weighted by atomic mass is 16.5. The Balaban J connectivity index is 2.48. The van der Waals surface area contributed by atoms with Gasteiger partial charge in [0.2, 0.25) is 0 Å². The van der Waals surface area contributed by atoms with Gasteiger partial charge in [0.25, 0.3) is 0 Å². The van der Waals surface area contributed by atoms with E-state index in [4.69, 9.17) is 4.74 Å². The number of fused-ring (bicyclic) bond motifs is 1. The highest BCUT2D eigenvalue weighted by Crippen LogP contribution is 2.28. The molecule has 2 rings (SSSR count). The van der Waals surface area contributed by atoms with Gasteiger partial charge < -0.3 is 9.84 Å². The first-order chi connectivity index (χ1) is 8.15. The van der Waals surface area contributed by atoms with Crippen LogP contribution in [0.4, 0.5) is 0 Å². The van der Waals surface area contributed by atoms with Crippen LogP contribution in [0.1, 0.15) is 41.3 Å². The van der Waals surface area contributed by atoms with Crippen molar-refractivity contribution in [2.24, 2.45) is 0 Å². The minimum atomic E-state index is -0.339. The number of carbonyl (C=O) groups is 1. The van der Waals surface area contributed by atoms with E-state index >= 15 is 0 Å². The van der Waals surface area contributed by atoms with Crippen LogP contribution in [-0.2, 0) is 17.6 Å². The summed E-state index contributed by atoms with van der Waals surface area (Å²) in [5, 5.41) is 9.97. The molecule has 0 heterocycles. The van der Waals surface area contributed by atoms with E-state index in [1.807, 2.05) is 7.85 Å². The summed E-state index contributed by atoms with van der Waals surface area (Å²) in [6.07, 6.45) is 4.09. The number of aromatic hydroxyl groups is 1. The third-order valence-corrected chi connectivity index (χ3v) is 3.41. The Morgan fingerprint density at radius 1 is 1.41 bits per heavy atom. The molecule has 1 aromatic rings. The van der Waals surface area contributed by atoms with Crippen LogP contribution >= 0.6 is 0 Å². The molecule has 1 aliphatic carbocycles. The van der Waals surface area contributed by atoms with Crippen molar-refractivity contribution in [1.82, 2.24) is 0 Å². The molecule has 0 amide bonds. The van der Waals surface area contributed by atoms with E-state index in [1.165, 1.54) is 0 Å². The van der Waals surface area contributed by atoms with Crippen molar-refractivity contribution >= 4 is 19.3 Å². The molecule has 3 nitrogen and oxygen atoms in total. The van der Waals surface area contributed by atoms with Crippen LogP contribution < -0.4 is 5.46 Å². The Morgan fingerprint density at radius 2 is 2.06 bits per heavy atom. The van der Waals surface area contributed by atoms with Gasteiger partial charge in [-0.25, -0.2) is 4.79 Å². The molecule has 90 valence electrons. The zero-order valence-electron chi connectivity index (χ0n) is 10.4. The van der Waals surface area contributed by atoms with E-state index in [1.54, 1.807) is 13.0 Å². The maximum atomic E-state index is 11.8. The fraction of sp³-hybridized carbons (Fsp3) is 0.462. The van der Waals surface area contributed by atoms with Gasteiger partial charge in [0.15, 0.2) is 0 Å². The maximum absolute atomic E-state index is 11.8. The second-order valence-electron chi connectivity index (χ2n) is 4.45. The molecule has 0 aliphatic heterocycles. The molecular formula is C13H17BO3. The summed E-state index contributed by atoms with van der Waals surface area (Å²) in [5.74, 6) is -0.0953. The van der Waals surface area contributed by atoms with Gasteiger partial charge >= 0.3 is 5.97 Å².